The molecule has 200 valence electrons. The Morgan fingerprint density at radius 2 is 1.92 bits per heavy atom. The van der Waals surface area contributed by atoms with Crippen LogP contribution in [0.2, 0.25) is 0 Å². The lowest BCUT2D eigenvalue weighted by atomic mass is 9.96. The largest absolute Gasteiger partial charge is 0.350 e. The number of hydrogen-bond acceptors (Lipinski definition) is 8. The van der Waals surface area contributed by atoms with Crippen molar-refractivity contribution in [2.75, 3.05) is 25.4 Å². The van der Waals surface area contributed by atoms with E-state index in [4.69, 9.17) is 9.57 Å². The molecule has 0 bridgehead atoms. The molecule has 9 nitrogen and oxygen atoms in total. The lowest BCUT2D eigenvalue weighted by Gasteiger charge is -2.31. The lowest BCUT2D eigenvalue weighted by Crippen LogP contribution is -2.43. The number of ketones is 1. The molecule has 2 unspecified atom stereocenters. The van der Waals surface area contributed by atoms with Gasteiger partial charge in [0.15, 0.2) is 21.9 Å². The minimum atomic E-state index is -3.89. The van der Waals surface area contributed by atoms with Gasteiger partial charge in [-0.3, -0.25) is 14.4 Å². The Kier molecular flexibility index (Phi) is 8.85. The van der Waals surface area contributed by atoms with Gasteiger partial charge in [0.25, 0.3) is 5.91 Å². The number of nitrogens with one attached hydrogen (secondary N) is 1. The number of carbonyl (C=O) groups excluding carboxylic acids is 3. The number of Topliss-reactive ketones (excluding diaryl/α,β-unsaturated/α-hetero) is 1. The first-order chi connectivity index (χ1) is 17.6. The SMILES string of the molecule is CC(=O)c1ccccc1C(=O)N1CCC(CC(=O)NOC2CCCCO2)(c2ccc(Br)s2)S(=O)(=O)CC1. The minimum Gasteiger partial charge on any atom is -0.350 e. The molecule has 1 aromatic carbocycles. The first kappa shape index (κ1) is 27.9. The van der Waals surface area contributed by atoms with E-state index in [1.165, 1.54) is 23.2 Å². The van der Waals surface area contributed by atoms with Crippen LogP contribution in [0.4, 0.5) is 0 Å². The van der Waals surface area contributed by atoms with Gasteiger partial charge in [-0.05, 0) is 60.3 Å². The maximum atomic E-state index is 13.8. The van der Waals surface area contributed by atoms with E-state index in [-0.39, 0.29) is 48.6 Å². The predicted molar refractivity (Wildman–Crippen MR) is 142 cm³/mol. The quantitative estimate of drug-likeness (QED) is 0.373. The first-order valence-corrected chi connectivity index (χ1v) is 15.3. The van der Waals surface area contributed by atoms with Crippen molar-refractivity contribution < 1.29 is 32.4 Å². The van der Waals surface area contributed by atoms with Crippen LogP contribution in [0.5, 0.6) is 0 Å². The zero-order valence-electron chi connectivity index (χ0n) is 20.4. The maximum absolute atomic E-state index is 13.8. The monoisotopic (exact) mass is 612 g/mol. The van der Waals surface area contributed by atoms with Crippen LogP contribution < -0.4 is 5.48 Å². The molecular weight excluding hydrogens is 584 g/mol. The molecule has 0 aliphatic carbocycles. The number of ether oxygens (including phenoxy) is 1. The molecule has 2 fully saturated rings. The summed E-state index contributed by atoms with van der Waals surface area (Å²) in [5.74, 6) is -1.56. The van der Waals surface area contributed by atoms with Gasteiger partial charge < -0.3 is 9.64 Å². The Bertz CT molecular complexity index is 1270. The average molecular weight is 614 g/mol. The minimum absolute atomic E-state index is 0.0175. The second kappa shape index (κ2) is 11.7. The number of halogens is 1. The number of hydroxylamine groups is 1. The van der Waals surface area contributed by atoms with Crippen LogP contribution in [0.15, 0.2) is 40.2 Å². The summed E-state index contributed by atoms with van der Waals surface area (Å²) in [7, 11) is -3.89. The number of carbonyl (C=O) groups is 3. The van der Waals surface area contributed by atoms with Crippen molar-refractivity contribution in [3.05, 3.63) is 56.2 Å². The summed E-state index contributed by atoms with van der Waals surface area (Å²) in [6, 6.07) is 9.95. The molecule has 0 radical (unpaired) electrons. The highest BCUT2D eigenvalue weighted by Gasteiger charge is 2.50. The molecule has 1 N–H and O–H groups in total. The van der Waals surface area contributed by atoms with Crippen LogP contribution in [0.25, 0.3) is 0 Å². The molecule has 2 atom stereocenters. The summed E-state index contributed by atoms with van der Waals surface area (Å²) in [6.45, 7) is 1.98. The van der Waals surface area contributed by atoms with E-state index < -0.39 is 32.7 Å². The zero-order chi connectivity index (χ0) is 26.6. The first-order valence-electron chi connectivity index (χ1n) is 12.1. The number of amides is 2. The maximum Gasteiger partial charge on any atom is 0.254 e. The highest BCUT2D eigenvalue weighted by atomic mass is 79.9. The summed E-state index contributed by atoms with van der Waals surface area (Å²) in [4.78, 5) is 45.9. The second-order valence-corrected chi connectivity index (χ2v) is 14.1. The number of benzene rings is 1. The number of thiophene rings is 1. The van der Waals surface area contributed by atoms with Crippen molar-refractivity contribution in [2.45, 2.75) is 50.1 Å². The predicted octanol–water partition coefficient (Wildman–Crippen LogP) is 3.83. The van der Waals surface area contributed by atoms with Gasteiger partial charge in [0.2, 0.25) is 5.91 Å². The molecule has 2 aliphatic rings. The van der Waals surface area contributed by atoms with Crippen molar-refractivity contribution in [1.82, 2.24) is 10.4 Å². The van der Waals surface area contributed by atoms with E-state index in [1.807, 2.05) is 0 Å². The number of sulfone groups is 1. The van der Waals surface area contributed by atoms with Crippen molar-refractivity contribution in [2.24, 2.45) is 0 Å². The number of nitrogens with zero attached hydrogens (tertiary/aromatic N) is 1. The third-order valence-electron chi connectivity index (χ3n) is 6.75. The fraction of sp³-hybridized carbons (Fsp3) is 0.480. The Balaban J connectivity index is 1.60. The molecule has 2 aliphatic heterocycles. The Morgan fingerprint density at radius 1 is 1.16 bits per heavy atom. The summed E-state index contributed by atoms with van der Waals surface area (Å²) in [6.07, 6.45) is 1.57. The second-order valence-electron chi connectivity index (χ2n) is 9.18. The van der Waals surface area contributed by atoms with E-state index >= 15 is 0 Å². The smallest absolute Gasteiger partial charge is 0.254 e. The van der Waals surface area contributed by atoms with Gasteiger partial charge in [-0.25, -0.2) is 18.7 Å². The van der Waals surface area contributed by atoms with Gasteiger partial charge in [-0.1, -0.05) is 18.2 Å². The molecule has 3 heterocycles. The normalized spacial score (nSPS) is 23.7. The fourth-order valence-electron chi connectivity index (χ4n) is 4.71. The van der Waals surface area contributed by atoms with Crippen molar-refractivity contribution in [3.8, 4) is 0 Å². The molecule has 37 heavy (non-hydrogen) atoms. The molecule has 12 heteroatoms. The Hall–Kier alpha value is -2.12. The van der Waals surface area contributed by atoms with Gasteiger partial charge in [0.05, 0.1) is 21.5 Å². The van der Waals surface area contributed by atoms with Gasteiger partial charge in [-0.2, -0.15) is 0 Å². The molecule has 4 rings (SSSR count). The van der Waals surface area contributed by atoms with Crippen LogP contribution in [0.1, 0.15) is 64.6 Å². The number of rotatable bonds is 7. The third kappa shape index (κ3) is 6.14. The summed E-state index contributed by atoms with van der Waals surface area (Å²) in [5.41, 5.74) is 2.91. The topological polar surface area (TPSA) is 119 Å². The number of hydrogen-bond donors (Lipinski definition) is 1. The summed E-state index contributed by atoms with van der Waals surface area (Å²) in [5, 5.41) is 0. The van der Waals surface area contributed by atoms with E-state index in [0.29, 0.717) is 17.9 Å². The molecule has 2 saturated heterocycles. The third-order valence-corrected chi connectivity index (χ3v) is 11.2. The van der Waals surface area contributed by atoms with Gasteiger partial charge in [0.1, 0.15) is 4.75 Å². The Labute approximate surface area is 228 Å². The highest BCUT2D eigenvalue weighted by Crippen LogP contribution is 2.44. The Morgan fingerprint density at radius 3 is 2.57 bits per heavy atom. The van der Waals surface area contributed by atoms with Gasteiger partial charge >= 0.3 is 0 Å². The standard InChI is InChI=1S/C25H29BrN2O7S2/c1-17(29)18-6-2-3-7-19(18)24(31)28-12-11-25(37(32,33)15-13-28,20-9-10-21(26)36-20)16-22(30)27-35-23-8-4-5-14-34-23/h2-3,6-7,9-10,23H,4-5,8,11-16H2,1H3,(H,27,30). The van der Waals surface area contributed by atoms with Crippen LogP contribution in [-0.4, -0.2) is 62.7 Å². The molecule has 1 aromatic heterocycles. The molecule has 0 spiro atoms. The summed E-state index contributed by atoms with van der Waals surface area (Å²) >= 11 is 4.65. The van der Waals surface area contributed by atoms with Crippen molar-refractivity contribution in [3.63, 3.8) is 0 Å². The van der Waals surface area contributed by atoms with Gasteiger partial charge in [-0.15, -0.1) is 11.3 Å². The average Bonchev–Trinajstić information content (AvgIpc) is 3.27. The van der Waals surface area contributed by atoms with Crippen molar-refractivity contribution in [1.29, 1.82) is 0 Å². The van der Waals surface area contributed by atoms with Crippen LogP contribution in [-0.2, 0) is 29.0 Å². The van der Waals surface area contributed by atoms with Crippen LogP contribution >= 0.6 is 27.3 Å². The lowest BCUT2D eigenvalue weighted by molar-refractivity contribution is -0.200. The van der Waals surface area contributed by atoms with E-state index in [0.717, 1.165) is 16.6 Å². The molecule has 2 aromatic rings. The fourth-order valence-corrected chi connectivity index (χ4v) is 8.69. The highest BCUT2D eigenvalue weighted by molar-refractivity contribution is 9.11. The van der Waals surface area contributed by atoms with Crippen LogP contribution in [0.3, 0.4) is 0 Å². The molecule has 2 amide bonds. The molecule has 0 saturated carbocycles. The van der Waals surface area contributed by atoms with Crippen LogP contribution in [0, 0.1) is 0 Å². The molecular formula is C25H29BrN2O7S2. The van der Waals surface area contributed by atoms with E-state index in [1.54, 1.807) is 36.4 Å². The summed E-state index contributed by atoms with van der Waals surface area (Å²) < 4.78 is 32.3. The van der Waals surface area contributed by atoms with Gasteiger partial charge in [0, 0.05) is 36.6 Å². The van der Waals surface area contributed by atoms with Crippen molar-refractivity contribution >= 4 is 54.7 Å². The zero-order valence-corrected chi connectivity index (χ0v) is 23.6. The van der Waals surface area contributed by atoms with E-state index in [9.17, 15) is 22.8 Å². The van der Waals surface area contributed by atoms with E-state index in [2.05, 4.69) is 21.4 Å².